The predicted molar refractivity (Wildman–Crippen MR) is 119 cm³/mol. The third-order valence-corrected chi connectivity index (χ3v) is 6.09. The number of thiazole rings is 1. The van der Waals surface area contributed by atoms with E-state index < -0.39 is 0 Å². The van der Waals surface area contributed by atoms with Gasteiger partial charge in [-0.05, 0) is 37.1 Å². The van der Waals surface area contributed by atoms with Crippen LogP contribution in [0.4, 0.5) is 5.13 Å². The Morgan fingerprint density at radius 2 is 2.03 bits per heavy atom. The fraction of sp³-hybridized carbons (Fsp3) is 0.304. The van der Waals surface area contributed by atoms with Gasteiger partial charge in [-0.2, -0.15) is 0 Å². The molecule has 3 aromatic rings. The fourth-order valence-electron chi connectivity index (χ4n) is 3.88. The van der Waals surface area contributed by atoms with Crippen molar-refractivity contribution >= 4 is 22.4 Å². The average Bonchev–Trinajstić information content (AvgIpc) is 3.43. The molecule has 4 rings (SSSR count). The summed E-state index contributed by atoms with van der Waals surface area (Å²) in [6.45, 7) is 1.29. The lowest BCUT2D eigenvalue weighted by molar-refractivity contribution is -0.117. The number of carbonyl (C=O) groups excluding carboxylic acids is 1. The van der Waals surface area contributed by atoms with E-state index in [2.05, 4.69) is 39.5 Å². The smallest absolute Gasteiger partial charge is 0.240 e. The van der Waals surface area contributed by atoms with Crippen molar-refractivity contribution in [2.24, 2.45) is 0 Å². The second-order valence-electron chi connectivity index (χ2n) is 7.19. The highest BCUT2D eigenvalue weighted by Gasteiger charge is 2.27. The zero-order valence-corrected chi connectivity index (χ0v) is 17.9. The van der Waals surface area contributed by atoms with Gasteiger partial charge in [-0.25, -0.2) is 4.98 Å². The molecule has 1 saturated heterocycles. The van der Waals surface area contributed by atoms with Crippen LogP contribution in [0.25, 0.3) is 11.3 Å². The lowest BCUT2D eigenvalue weighted by Crippen LogP contribution is -2.32. The first-order valence-electron chi connectivity index (χ1n) is 9.94. The first-order chi connectivity index (χ1) is 14.7. The topological polar surface area (TPSA) is 63.7 Å². The molecule has 30 heavy (non-hydrogen) atoms. The molecule has 1 aliphatic rings. The number of benzene rings is 2. The molecule has 0 bridgehead atoms. The Balaban J connectivity index is 1.42. The van der Waals surface area contributed by atoms with Crippen molar-refractivity contribution in [3.05, 3.63) is 59.5 Å². The van der Waals surface area contributed by atoms with E-state index in [-0.39, 0.29) is 5.91 Å². The van der Waals surface area contributed by atoms with Crippen LogP contribution in [0.1, 0.15) is 24.4 Å². The standard InChI is InChI=1S/C23H25N3O3S/c1-28-17-10-11-18(21(13-17)29-2)19-15-30-23(24-19)25-22(27)14-26-12-6-9-20(26)16-7-4-3-5-8-16/h3-5,7-8,10-11,13,15,20H,6,9,12,14H2,1-2H3,(H,24,25,27). The minimum absolute atomic E-state index is 0.0413. The number of nitrogens with zero attached hydrogens (tertiary/aromatic N) is 2. The highest BCUT2D eigenvalue weighted by atomic mass is 32.1. The number of aromatic nitrogens is 1. The molecular weight excluding hydrogens is 398 g/mol. The van der Waals surface area contributed by atoms with E-state index in [1.807, 2.05) is 29.6 Å². The number of anilines is 1. The van der Waals surface area contributed by atoms with Crippen molar-refractivity contribution in [2.45, 2.75) is 18.9 Å². The third-order valence-electron chi connectivity index (χ3n) is 5.33. The van der Waals surface area contributed by atoms with E-state index in [0.29, 0.717) is 23.5 Å². The number of ether oxygens (including phenoxy) is 2. The number of rotatable bonds is 7. The highest BCUT2D eigenvalue weighted by Crippen LogP contribution is 2.35. The average molecular weight is 424 g/mol. The van der Waals surface area contributed by atoms with Crippen molar-refractivity contribution in [3.63, 3.8) is 0 Å². The number of nitrogens with one attached hydrogen (secondary N) is 1. The molecule has 0 saturated carbocycles. The summed E-state index contributed by atoms with van der Waals surface area (Å²) >= 11 is 1.41. The quantitative estimate of drug-likeness (QED) is 0.602. The predicted octanol–water partition coefficient (Wildman–Crippen LogP) is 4.60. The SMILES string of the molecule is COc1ccc(-c2csc(NC(=O)CN3CCCC3c3ccccc3)n2)c(OC)c1. The molecule has 1 aliphatic heterocycles. The van der Waals surface area contributed by atoms with Gasteiger partial charge in [0.05, 0.1) is 26.5 Å². The highest BCUT2D eigenvalue weighted by molar-refractivity contribution is 7.14. The van der Waals surface area contributed by atoms with Gasteiger partial charge in [0.2, 0.25) is 5.91 Å². The number of hydrogen-bond acceptors (Lipinski definition) is 6. The fourth-order valence-corrected chi connectivity index (χ4v) is 4.60. The molecule has 1 fully saturated rings. The van der Waals surface area contributed by atoms with Gasteiger partial charge in [0, 0.05) is 23.1 Å². The summed E-state index contributed by atoms with van der Waals surface area (Å²) in [6, 6.07) is 16.3. The van der Waals surface area contributed by atoms with E-state index in [9.17, 15) is 4.79 Å². The molecule has 0 spiro atoms. The van der Waals surface area contributed by atoms with Gasteiger partial charge in [0.15, 0.2) is 5.13 Å². The molecule has 2 aromatic carbocycles. The van der Waals surface area contributed by atoms with Crippen molar-refractivity contribution in [1.82, 2.24) is 9.88 Å². The maximum atomic E-state index is 12.7. The summed E-state index contributed by atoms with van der Waals surface area (Å²) in [5.74, 6) is 1.36. The maximum Gasteiger partial charge on any atom is 0.240 e. The molecule has 1 atom stereocenters. The number of likely N-dealkylation sites (tertiary alicyclic amines) is 1. The van der Waals surface area contributed by atoms with Crippen LogP contribution in [0.5, 0.6) is 11.5 Å². The summed E-state index contributed by atoms with van der Waals surface area (Å²) in [5.41, 5.74) is 2.89. The van der Waals surface area contributed by atoms with Gasteiger partial charge in [-0.3, -0.25) is 9.69 Å². The van der Waals surface area contributed by atoms with Crippen LogP contribution in [0.15, 0.2) is 53.9 Å². The number of carbonyl (C=O) groups is 1. The van der Waals surface area contributed by atoms with Gasteiger partial charge < -0.3 is 14.8 Å². The normalized spacial score (nSPS) is 16.4. The molecule has 1 unspecified atom stereocenters. The zero-order chi connectivity index (χ0) is 20.9. The minimum atomic E-state index is -0.0413. The Morgan fingerprint density at radius 1 is 1.20 bits per heavy atom. The lowest BCUT2D eigenvalue weighted by atomic mass is 10.0. The van der Waals surface area contributed by atoms with E-state index in [0.717, 1.165) is 36.4 Å². The Kier molecular flexibility index (Phi) is 6.30. The van der Waals surface area contributed by atoms with Gasteiger partial charge in [-0.1, -0.05) is 30.3 Å². The second kappa shape index (κ2) is 9.28. The van der Waals surface area contributed by atoms with E-state index in [4.69, 9.17) is 9.47 Å². The summed E-state index contributed by atoms with van der Waals surface area (Å²) in [6.07, 6.45) is 2.18. The van der Waals surface area contributed by atoms with Crippen molar-refractivity contribution in [2.75, 3.05) is 32.6 Å². The second-order valence-corrected chi connectivity index (χ2v) is 8.05. The van der Waals surface area contributed by atoms with Crippen LogP contribution in [-0.2, 0) is 4.79 Å². The van der Waals surface area contributed by atoms with E-state index >= 15 is 0 Å². The Labute approximate surface area is 180 Å². The van der Waals surface area contributed by atoms with Crippen LogP contribution in [-0.4, -0.2) is 43.1 Å². The molecule has 1 amide bonds. The molecule has 1 N–H and O–H groups in total. The monoisotopic (exact) mass is 423 g/mol. The Hall–Kier alpha value is -2.90. The molecule has 1 aromatic heterocycles. The minimum Gasteiger partial charge on any atom is -0.497 e. The van der Waals surface area contributed by atoms with Gasteiger partial charge in [-0.15, -0.1) is 11.3 Å². The molecule has 0 aliphatic carbocycles. The number of hydrogen-bond donors (Lipinski definition) is 1. The number of methoxy groups -OCH3 is 2. The van der Waals surface area contributed by atoms with E-state index in [1.165, 1.54) is 16.9 Å². The molecule has 2 heterocycles. The van der Waals surface area contributed by atoms with Crippen LogP contribution >= 0.6 is 11.3 Å². The van der Waals surface area contributed by atoms with Gasteiger partial charge in [0.1, 0.15) is 11.5 Å². The lowest BCUT2D eigenvalue weighted by Gasteiger charge is -2.23. The van der Waals surface area contributed by atoms with Crippen LogP contribution in [0.2, 0.25) is 0 Å². The van der Waals surface area contributed by atoms with Crippen molar-refractivity contribution in [1.29, 1.82) is 0 Å². The first-order valence-corrected chi connectivity index (χ1v) is 10.8. The number of amides is 1. The Bertz CT molecular complexity index is 1010. The third kappa shape index (κ3) is 4.47. The molecule has 156 valence electrons. The zero-order valence-electron chi connectivity index (χ0n) is 17.1. The van der Waals surface area contributed by atoms with E-state index in [1.54, 1.807) is 14.2 Å². The summed E-state index contributed by atoms with van der Waals surface area (Å²) < 4.78 is 10.7. The van der Waals surface area contributed by atoms with Gasteiger partial charge in [0.25, 0.3) is 0 Å². The molecule has 0 radical (unpaired) electrons. The summed E-state index contributed by atoms with van der Waals surface area (Å²) in [4.78, 5) is 19.5. The van der Waals surface area contributed by atoms with Crippen LogP contribution < -0.4 is 14.8 Å². The molecule has 7 heteroatoms. The first kappa shape index (κ1) is 20.4. The molecular formula is C23H25N3O3S. The molecule has 6 nitrogen and oxygen atoms in total. The van der Waals surface area contributed by atoms with Crippen molar-refractivity contribution in [3.8, 4) is 22.8 Å². The summed E-state index contributed by atoms with van der Waals surface area (Å²) in [7, 11) is 3.24. The maximum absolute atomic E-state index is 12.7. The largest absolute Gasteiger partial charge is 0.497 e. The van der Waals surface area contributed by atoms with Crippen LogP contribution in [0, 0.1) is 0 Å². The van der Waals surface area contributed by atoms with Crippen molar-refractivity contribution < 1.29 is 14.3 Å². The summed E-state index contributed by atoms with van der Waals surface area (Å²) in [5, 5.41) is 5.46. The van der Waals surface area contributed by atoms with Crippen LogP contribution in [0.3, 0.4) is 0 Å². The van der Waals surface area contributed by atoms with Gasteiger partial charge >= 0.3 is 0 Å². The Morgan fingerprint density at radius 3 is 2.80 bits per heavy atom.